The van der Waals surface area contributed by atoms with E-state index in [1.54, 1.807) is 0 Å². The molecule has 1 unspecified atom stereocenters. The van der Waals surface area contributed by atoms with Crippen LogP contribution in [0.3, 0.4) is 0 Å². The van der Waals surface area contributed by atoms with Crippen molar-refractivity contribution < 1.29 is 0 Å². The smallest absolute Gasteiger partial charge is 0.185 e. The Morgan fingerprint density at radius 1 is 1.47 bits per heavy atom. The van der Waals surface area contributed by atoms with Crippen LogP contribution in [0.25, 0.3) is 11.5 Å². The van der Waals surface area contributed by atoms with Gasteiger partial charge in [0.15, 0.2) is 5.82 Å². The molecule has 2 aromatic heterocycles. The van der Waals surface area contributed by atoms with E-state index in [0.717, 1.165) is 30.4 Å². The van der Waals surface area contributed by atoms with Crippen molar-refractivity contribution in [1.82, 2.24) is 29.7 Å². The Morgan fingerprint density at radius 2 is 2.40 bits per heavy atom. The molecule has 0 aliphatic carbocycles. The van der Waals surface area contributed by atoms with E-state index in [2.05, 4.69) is 36.6 Å². The monoisotopic (exact) mass is 222 g/mol. The third-order valence-electron chi connectivity index (χ3n) is 2.54. The molecule has 15 heavy (non-hydrogen) atoms. The maximum Gasteiger partial charge on any atom is 0.185 e. The molecule has 1 aliphatic rings. The summed E-state index contributed by atoms with van der Waals surface area (Å²) in [7, 11) is 0. The molecular weight excluding hydrogens is 212 g/mol. The molecule has 0 aromatic carbocycles. The van der Waals surface area contributed by atoms with Gasteiger partial charge in [0.1, 0.15) is 11.5 Å². The van der Waals surface area contributed by atoms with Gasteiger partial charge in [0.25, 0.3) is 0 Å². The molecule has 0 saturated heterocycles. The van der Waals surface area contributed by atoms with E-state index >= 15 is 0 Å². The highest BCUT2D eigenvalue weighted by Crippen LogP contribution is 2.22. The van der Waals surface area contributed by atoms with E-state index in [1.807, 2.05) is 5.38 Å². The molecule has 7 heteroatoms. The zero-order chi connectivity index (χ0) is 10.3. The average Bonchev–Trinajstić information content (AvgIpc) is 2.85. The van der Waals surface area contributed by atoms with Crippen LogP contribution >= 0.6 is 11.5 Å². The van der Waals surface area contributed by atoms with E-state index in [-0.39, 0.29) is 6.04 Å². The third kappa shape index (κ3) is 1.35. The Hall–Kier alpha value is -1.34. The van der Waals surface area contributed by atoms with Crippen LogP contribution in [0.1, 0.15) is 18.8 Å². The van der Waals surface area contributed by atoms with Crippen LogP contribution in [0, 0.1) is 0 Å². The van der Waals surface area contributed by atoms with Crippen LogP contribution in [0.15, 0.2) is 5.38 Å². The minimum absolute atomic E-state index is 0.256. The van der Waals surface area contributed by atoms with Gasteiger partial charge in [-0.2, -0.15) is 0 Å². The maximum absolute atomic E-state index is 4.18. The normalized spacial score (nSPS) is 20.2. The molecule has 0 amide bonds. The lowest BCUT2D eigenvalue weighted by atomic mass is 10.2. The van der Waals surface area contributed by atoms with Crippen molar-refractivity contribution in [3.05, 3.63) is 11.2 Å². The number of nitrogens with one attached hydrogen (secondary N) is 1. The molecule has 1 aliphatic heterocycles. The Kier molecular flexibility index (Phi) is 2.00. The lowest BCUT2D eigenvalue weighted by Crippen LogP contribution is -2.32. The predicted molar refractivity (Wildman–Crippen MR) is 55.3 cm³/mol. The molecule has 0 saturated carbocycles. The maximum atomic E-state index is 4.18. The predicted octanol–water partition coefficient (Wildman–Crippen LogP) is 0.461. The number of nitrogens with zero attached hydrogens (tertiary/aromatic N) is 5. The first-order valence-corrected chi connectivity index (χ1v) is 5.64. The summed E-state index contributed by atoms with van der Waals surface area (Å²) >= 11 is 1.33. The highest BCUT2D eigenvalue weighted by molar-refractivity contribution is 7.03. The fourth-order valence-electron chi connectivity index (χ4n) is 1.79. The van der Waals surface area contributed by atoms with Gasteiger partial charge in [-0.25, -0.2) is 0 Å². The van der Waals surface area contributed by atoms with Crippen molar-refractivity contribution in [2.24, 2.45) is 0 Å². The van der Waals surface area contributed by atoms with Crippen LogP contribution in [0.5, 0.6) is 0 Å². The summed E-state index contributed by atoms with van der Waals surface area (Å²) < 4.78 is 5.95. The summed E-state index contributed by atoms with van der Waals surface area (Å²) in [5.41, 5.74) is 0.813. The molecule has 6 nitrogen and oxygen atoms in total. The number of fused-ring (bicyclic) bond motifs is 1. The topological polar surface area (TPSA) is 68.5 Å². The molecule has 0 bridgehead atoms. The lowest BCUT2D eigenvalue weighted by Gasteiger charge is -2.21. The standard InChI is InChI=1S/C8H10N6S/c1-5-7-11-12-8(6-4-15-13-10-6)14(7)3-2-9-5/h4-5,9H,2-3H2,1H3. The number of hydrogen-bond donors (Lipinski definition) is 1. The van der Waals surface area contributed by atoms with Crippen LogP contribution in [0.4, 0.5) is 0 Å². The number of rotatable bonds is 1. The van der Waals surface area contributed by atoms with Crippen molar-refractivity contribution in [2.75, 3.05) is 6.54 Å². The molecule has 0 spiro atoms. The fourth-order valence-corrected chi connectivity index (χ4v) is 2.23. The molecule has 3 rings (SSSR count). The van der Waals surface area contributed by atoms with Crippen LogP contribution in [0.2, 0.25) is 0 Å². The van der Waals surface area contributed by atoms with Crippen molar-refractivity contribution in [2.45, 2.75) is 19.5 Å². The summed E-state index contributed by atoms with van der Waals surface area (Å²) in [6, 6.07) is 0.256. The minimum Gasteiger partial charge on any atom is -0.307 e. The third-order valence-corrected chi connectivity index (χ3v) is 3.05. The zero-order valence-electron chi connectivity index (χ0n) is 8.21. The molecule has 3 heterocycles. The molecule has 0 radical (unpaired) electrons. The summed E-state index contributed by atoms with van der Waals surface area (Å²) in [6.45, 7) is 3.92. The van der Waals surface area contributed by atoms with Gasteiger partial charge in [0, 0.05) is 18.5 Å². The van der Waals surface area contributed by atoms with Gasteiger partial charge in [-0.1, -0.05) is 4.49 Å². The van der Waals surface area contributed by atoms with Gasteiger partial charge in [-0.3, -0.25) is 0 Å². The van der Waals surface area contributed by atoms with E-state index in [1.165, 1.54) is 11.5 Å². The van der Waals surface area contributed by atoms with Crippen LogP contribution < -0.4 is 5.32 Å². The van der Waals surface area contributed by atoms with E-state index in [9.17, 15) is 0 Å². The van der Waals surface area contributed by atoms with Gasteiger partial charge in [0.05, 0.1) is 6.04 Å². The summed E-state index contributed by atoms with van der Waals surface area (Å²) in [4.78, 5) is 0. The average molecular weight is 222 g/mol. The number of hydrogen-bond acceptors (Lipinski definition) is 6. The van der Waals surface area contributed by atoms with Crippen molar-refractivity contribution >= 4 is 11.5 Å². The molecule has 1 atom stereocenters. The van der Waals surface area contributed by atoms with E-state index in [0.29, 0.717) is 0 Å². The highest BCUT2D eigenvalue weighted by Gasteiger charge is 2.22. The second-order valence-electron chi connectivity index (χ2n) is 3.50. The molecular formula is C8H10N6S. The molecule has 78 valence electrons. The Balaban J connectivity index is 2.11. The van der Waals surface area contributed by atoms with Gasteiger partial charge in [-0.15, -0.1) is 15.3 Å². The van der Waals surface area contributed by atoms with Gasteiger partial charge in [-0.05, 0) is 18.5 Å². The molecule has 1 N–H and O–H groups in total. The van der Waals surface area contributed by atoms with Gasteiger partial charge >= 0.3 is 0 Å². The summed E-state index contributed by atoms with van der Waals surface area (Å²) in [6.07, 6.45) is 0. The lowest BCUT2D eigenvalue weighted by molar-refractivity contribution is 0.438. The fraction of sp³-hybridized carbons (Fsp3) is 0.500. The first-order chi connectivity index (χ1) is 7.36. The second-order valence-corrected chi connectivity index (χ2v) is 4.11. The highest BCUT2D eigenvalue weighted by atomic mass is 32.1. The van der Waals surface area contributed by atoms with Gasteiger partial charge in [0.2, 0.25) is 0 Å². The molecule has 2 aromatic rings. The second kappa shape index (κ2) is 3.35. The first-order valence-electron chi connectivity index (χ1n) is 4.80. The minimum atomic E-state index is 0.256. The first kappa shape index (κ1) is 8.93. The van der Waals surface area contributed by atoms with Crippen molar-refractivity contribution in [3.63, 3.8) is 0 Å². The van der Waals surface area contributed by atoms with E-state index < -0.39 is 0 Å². The number of aromatic nitrogens is 5. The van der Waals surface area contributed by atoms with Crippen LogP contribution in [-0.4, -0.2) is 30.9 Å². The Bertz CT molecular complexity index is 461. The summed E-state index contributed by atoms with van der Waals surface area (Å²) in [5, 5.41) is 17.6. The quantitative estimate of drug-likeness (QED) is 0.759. The van der Waals surface area contributed by atoms with Crippen molar-refractivity contribution in [3.8, 4) is 11.5 Å². The molecule has 0 fully saturated rings. The largest absolute Gasteiger partial charge is 0.307 e. The Morgan fingerprint density at radius 3 is 3.20 bits per heavy atom. The van der Waals surface area contributed by atoms with E-state index in [4.69, 9.17) is 0 Å². The summed E-state index contributed by atoms with van der Waals surface area (Å²) in [5.74, 6) is 1.80. The van der Waals surface area contributed by atoms with Crippen molar-refractivity contribution in [1.29, 1.82) is 0 Å². The van der Waals surface area contributed by atoms with Crippen LogP contribution in [-0.2, 0) is 6.54 Å². The SMILES string of the molecule is CC1NCCn2c(-c3csnn3)nnc21. The Labute approximate surface area is 90.5 Å². The van der Waals surface area contributed by atoms with Gasteiger partial charge < -0.3 is 9.88 Å². The zero-order valence-corrected chi connectivity index (χ0v) is 9.03.